The van der Waals surface area contributed by atoms with Gasteiger partial charge >= 0.3 is 0 Å². The molecule has 0 aromatic heterocycles. The van der Waals surface area contributed by atoms with E-state index in [0.717, 1.165) is 16.7 Å². The zero-order valence-electron chi connectivity index (χ0n) is 13.2. The van der Waals surface area contributed by atoms with E-state index in [4.69, 9.17) is 11.6 Å². The van der Waals surface area contributed by atoms with E-state index in [1.165, 1.54) is 24.3 Å². The quantitative estimate of drug-likeness (QED) is 0.796. The summed E-state index contributed by atoms with van der Waals surface area (Å²) >= 11 is 6.66. The third kappa shape index (κ3) is 4.30. The Morgan fingerprint density at radius 3 is 2.62 bits per heavy atom. The highest BCUT2D eigenvalue weighted by atomic mass is 35.5. The second-order valence-corrected chi connectivity index (χ2v) is 6.81. The lowest BCUT2D eigenvalue weighted by molar-refractivity contribution is -0.127. The summed E-state index contributed by atoms with van der Waals surface area (Å²) in [5, 5.41) is 2.49. The monoisotopic (exact) mass is 390 g/mol. The summed E-state index contributed by atoms with van der Waals surface area (Å²) in [6.45, 7) is -0.422. The van der Waals surface area contributed by atoms with E-state index >= 15 is 0 Å². The molecule has 0 unspecified atom stereocenters. The van der Waals surface area contributed by atoms with Gasteiger partial charge in [0.1, 0.15) is 12.4 Å². The number of halogens is 2. The Balaban J connectivity index is 1.69. The van der Waals surface area contributed by atoms with E-state index in [1.807, 2.05) is 0 Å². The molecule has 1 aliphatic heterocycles. The number of amides is 3. The Morgan fingerprint density at radius 1 is 1.19 bits per heavy atom. The lowest BCUT2D eigenvalue weighted by Gasteiger charge is -2.12. The molecule has 1 N–H and O–H groups in total. The van der Waals surface area contributed by atoms with E-state index in [9.17, 15) is 18.8 Å². The Bertz CT molecular complexity index is 915. The molecule has 26 heavy (non-hydrogen) atoms. The SMILES string of the molecule is O=C(CN1C(=O)SC(=Cc2cccc(Cl)c2)C1=O)Nc1ccc(F)cc1. The van der Waals surface area contributed by atoms with Gasteiger partial charge < -0.3 is 5.32 Å². The number of nitrogens with one attached hydrogen (secondary N) is 1. The van der Waals surface area contributed by atoms with Crippen molar-refractivity contribution in [1.29, 1.82) is 0 Å². The molecule has 1 fully saturated rings. The van der Waals surface area contributed by atoms with Crippen LogP contribution in [0.4, 0.5) is 14.9 Å². The van der Waals surface area contributed by atoms with Crippen molar-refractivity contribution in [2.75, 3.05) is 11.9 Å². The first-order chi connectivity index (χ1) is 12.4. The highest BCUT2D eigenvalue weighted by molar-refractivity contribution is 8.18. The maximum atomic E-state index is 12.9. The molecule has 0 bridgehead atoms. The fourth-order valence-electron chi connectivity index (χ4n) is 2.26. The van der Waals surface area contributed by atoms with Gasteiger partial charge in [-0.2, -0.15) is 0 Å². The van der Waals surface area contributed by atoms with Gasteiger partial charge in [-0.1, -0.05) is 23.7 Å². The molecule has 5 nitrogen and oxygen atoms in total. The van der Waals surface area contributed by atoms with E-state index < -0.39 is 29.4 Å². The third-order valence-corrected chi connectivity index (χ3v) is 4.59. The highest BCUT2D eigenvalue weighted by Gasteiger charge is 2.36. The maximum absolute atomic E-state index is 12.9. The van der Waals surface area contributed by atoms with Crippen molar-refractivity contribution in [3.63, 3.8) is 0 Å². The predicted octanol–water partition coefficient (Wildman–Crippen LogP) is 4.15. The summed E-state index contributed by atoms with van der Waals surface area (Å²) in [4.78, 5) is 37.6. The molecule has 0 radical (unpaired) electrons. The number of anilines is 1. The second kappa shape index (κ2) is 7.72. The molecule has 2 aromatic carbocycles. The number of carbonyl (C=O) groups excluding carboxylic acids is 3. The van der Waals surface area contributed by atoms with Crippen LogP contribution in [-0.4, -0.2) is 28.5 Å². The molecule has 3 rings (SSSR count). The van der Waals surface area contributed by atoms with Crippen molar-refractivity contribution in [3.8, 4) is 0 Å². The van der Waals surface area contributed by atoms with Crippen LogP contribution >= 0.6 is 23.4 Å². The van der Waals surface area contributed by atoms with Gasteiger partial charge in [0.25, 0.3) is 11.1 Å². The molecule has 1 aliphatic rings. The summed E-state index contributed by atoms with van der Waals surface area (Å²) in [7, 11) is 0. The minimum atomic E-state index is -0.553. The first-order valence-electron chi connectivity index (χ1n) is 7.49. The molecule has 1 heterocycles. The third-order valence-electron chi connectivity index (χ3n) is 3.45. The number of thioether (sulfide) groups is 1. The molecule has 132 valence electrons. The molecular formula is C18H12ClFN2O3S. The van der Waals surface area contributed by atoms with Crippen molar-refractivity contribution in [2.45, 2.75) is 0 Å². The Morgan fingerprint density at radius 2 is 1.92 bits per heavy atom. The molecule has 0 saturated carbocycles. The Labute approximate surface area is 157 Å². The molecule has 3 amide bonds. The molecule has 8 heteroatoms. The first kappa shape index (κ1) is 18.2. The Hall–Kier alpha value is -2.64. The minimum Gasteiger partial charge on any atom is -0.325 e. The van der Waals surface area contributed by atoms with E-state index in [0.29, 0.717) is 16.3 Å². The molecule has 0 atom stereocenters. The molecular weight excluding hydrogens is 379 g/mol. The molecule has 0 aliphatic carbocycles. The number of carbonyl (C=O) groups is 3. The van der Waals surface area contributed by atoms with Crippen LogP contribution < -0.4 is 5.32 Å². The van der Waals surface area contributed by atoms with Crippen molar-refractivity contribution >= 4 is 52.2 Å². The predicted molar refractivity (Wildman–Crippen MR) is 99.2 cm³/mol. The topological polar surface area (TPSA) is 66.5 Å². The van der Waals surface area contributed by atoms with Gasteiger partial charge in [0, 0.05) is 10.7 Å². The van der Waals surface area contributed by atoms with Gasteiger partial charge in [0.2, 0.25) is 5.91 Å². The average molecular weight is 391 g/mol. The largest absolute Gasteiger partial charge is 0.325 e. The lowest BCUT2D eigenvalue weighted by atomic mass is 10.2. The average Bonchev–Trinajstić information content (AvgIpc) is 2.84. The maximum Gasteiger partial charge on any atom is 0.294 e. The van der Waals surface area contributed by atoms with Crippen LogP contribution in [-0.2, 0) is 9.59 Å². The molecule has 2 aromatic rings. The van der Waals surface area contributed by atoms with Crippen LogP contribution in [0.2, 0.25) is 5.02 Å². The van der Waals surface area contributed by atoms with Crippen molar-refractivity contribution in [2.24, 2.45) is 0 Å². The van der Waals surface area contributed by atoms with Crippen molar-refractivity contribution in [3.05, 3.63) is 69.8 Å². The van der Waals surface area contributed by atoms with Crippen molar-refractivity contribution in [1.82, 2.24) is 4.90 Å². The highest BCUT2D eigenvalue weighted by Crippen LogP contribution is 2.32. The van der Waals surface area contributed by atoms with E-state index in [1.54, 1.807) is 30.3 Å². The fourth-order valence-corrected chi connectivity index (χ4v) is 3.30. The number of rotatable bonds is 4. The van der Waals surface area contributed by atoms with Gasteiger partial charge in [-0.25, -0.2) is 4.39 Å². The summed E-state index contributed by atoms with van der Waals surface area (Å²) in [5.74, 6) is -1.53. The van der Waals surface area contributed by atoms with Crippen molar-refractivity contribution < 1.29 is 18.8 Å². The minimum absolute atomic E-state index is 0.215. The zero-order chi connectivity index (χ0) is 18.7. The van der Waals surface area contributed by atoms with Gasteiger partial charge in [0.15, 0.2) is 0 Å². The summed E-state index contributed by atoms with van der Waals surface area (Å²) in [6, 6.07) is 12.0. The summed E-state index contributed by atoms with van der Waals surface area (Å²) in [6.07, 6.45) is 1.55. The number of nitrogens with zero attached hydrogens (tertiary/aromatic N) is 1. The summed E-state index contributed by atoms with van der Waals surface area (Å²) in [5.41, 5.74) is 1.05. The van der Waals surface area contributed by atoms with Crippen LogP contribution in [0.25, 0.3) is 6.08 Å². The number of hydrogen-bond acceptors (Lipinski definition) is 4. The summed E-state index contributed by atoms with van der Waals surface area (Å²) < 4.78 is 12.9. The first-order valence-corrected chi connectivity index (χ1v) is 8.68. The van der Waals surface area contributed by atoms with Gasteiger partial charge in [-0.05, 0) is 59.8 Å². The van der Waals surface area contributed by atoms with Crippen LogP contribution in [0.5, 0.6) is 0 Å². The fraction of sp³-hybridized carbons (Fsp3) is 0.0556. The number of imide groups is 1. The number of benzene rings is 2. The standard InChI is InChI=1S/C18H12ClFN2O3S/c19-12-3-1-2-11(8-12)9-15-17(24)22(18(25)26-15)10-16(23)21-14-6-4-13(20)5-7-14/h1-9H,10H2,(H,21,23). The van der Waals surface area contributed by atoms with E-state index in [2.05, 4.69) is 5.32 Å². The van der Waals surface area contributed by atoms with Gasteiger partial charge in [0.05, 0.1) is 4.91 Å². The molecule has 0 spiro atoms. The van der Waals surface area contributed by atoms with E-state index in [-0.39, 0.29) is 4.91 Å². The normalized spacial score (nSPS) is 15.6. The zero-order valence-corrected chi connectivity index (χ0v) is 14.8. The van der Waals surface area contributed by atoms with Gasteiger partial charge in [-0.3, -0.25) is 19.3 Å². The lowest BCUT2D eigenvalue weighted by Crippen LogP contribution is -2.36. The van der Waals surface area contributed by atoms with Gasteiger partial charge in [-0.15, -0.1) is 0 Å². The van der Waals surface area contributed by atoms with Crippen LogP contribution in [0.15, 0.2) is 53.4 Å². The Kier molecular flexibility index (Phi) is 5.39. The number of hydrogen-bond donors (Lipinski definition) is 1. The molecule has 1 saturated heterocycles. The smallest absolute Gasteiger partial charge is 0.294 e. The van der Waals surface area contributed by atoms with Crippen LogP contribution in [0, 0.1) is 5.82 Å². The van der Waals surface area contributed by atoms with Crippen LogP contribution in [0.1, 0.15) is 5.56 Å². The van der Waals surface area contributed by atoms with Crippen LogP contribution in [0.3, 0.4) is 0 Å². The second-order valence-electron chi connectivity index (χ2n) is 5.38.